The SMILES string of the molecule is C=CC(=O)N1CCCC(n2nc(-c3ccc(OC)cc3)c3c(N)ncnc32)C1. The Hall–Kier alpha value is -3.42. The van der Waals surface area contributed by atoms with Crippen LogP contribution in [-0.4, -0.2) is 50.8 Å². The van der Waals surface area contributed by atoms with E-state index in [1.165, 1.54) is 12.4 Å². The first-order valence-electron chi connectivity index (χ1n) is 9.17. The van der Waals surface area contributed by atoms with Crippen molar-refractivity contribution in [1.82, 2.24) is 24.6 Å². The quantitative estimate of drug-likeness (QED) is 0.700. The van der Waals surface area contributed by atoms with Crippen molar-refractivity contribution in [3.05, 3.63) is 43.2 Å². The van der Waals surface area contributed by atoms with E-state index in [9.17, 15) is 4.79 Å². The minimum absolute atomic E-state index is 0.0152. The van der Waals surface area contributed by atoms with Crippen LogP contribution < -0.4 is 10.5 Å². The molecule has 2 N–H and O–H groups in total. The Bertz CT molecular complexity index is 1030. The van der Waals surface area contributed by atoms with E-state index in [0.717, 1.165) is 41.8 Å². The van der Waals surface area contributed by atoms with E-state index in [-0.39, 0.29) is 11.9 Å². The maximum Gasteiger partial charge on any atom is 0.246 e. The molecule has 1 aliphatic rings. The second-order valence-corrected chi connectivity index (χ2v) is 6.76. The molecule has 0 spiro atoms. The first kappa shape index (κ1) is 18.0. The van der Waals surface area contributed by atoms with Gasteiger partial charge in [-0.05, 0) is 43.2 Å². The number of methoxy groups -OCH3 is 1. The molecule has 4 rings (SSSR count). The van der Waals surface area contributed by atoms with E-state index < -0.39 is 0 Å². The zero-order valence-electron chi connectivity index (χ0n) is 15.7. The van der Waals surface area contributed by atoms with Crippen LogP contribution in [0.1, 0.15) is 18.9 Å². The number of ether oxygens (including phenoxy) is 1. The molecule has 1 unspecified atom stereocenters. The molecule has 28 heavy (non-hydrogen) atoms. The summed E-state index contributed by atoms with van der Waals surface area (Å²) in [4.78, 5) is 22.5. The Morgan fingerprint density at radius 1 is 1.32 bits per heavy atom. The first-order chi connectivity index (χ1) is 13.6. The number of likely N-dealkylation sites (tertiary alicyclic amines) is 1. The van der Waals surface area contributed by atoms with Gasteiger partial charge in [-0.1, -0.05) is 6.58 Å². The van der Waals surface area contributed by atoms with Crippen LogP contribution in [0.3, 0.4) is 0 Å². The molecule has 1 aromatic carbocycles. The van der Waals surface area contributed by atoms with Gasteiger partial charge in [0.25, 0.3) is 0 Å². The number of amides is 1. The Kier molecular flexibility index (Phi) is 4.68. The predicted octanol–water partition coefficient (Wildman–Crippen LogP) is 2.43. The van der Waals surface area contributed by atoms with Crippen LogP contribution in [0.4, 0.5) is 5.82 Å². The third-order valence-electron chi connectivity index (χ3n) is 5.11. The summed E-state index contributed by atoms with van der Waals surface area (Å²) in [5.74, 6) is 1.09. The molecule has 1 fully saturated rings. The molecule has 1 amide bonds. The lowest BCUT2D eigenvalue weighted by molar-refractivity contribution is -0.127. The summed E-state index contributed by atoms with van der Waals surface area (Å²) in [6.45, 7) is 4.88. The minimum atomic E-state index is -0.0642. The number of rotatable bonds is 4. The monoisotopic (exact) mass is 378 g/mol. The van der Waals surface area contributed by atoms with E-state index >= 15 is 0 Å². The number of anilines is 1. The van der Waals surface area contributed by atoms with Crippen molar-refractivity contribution >= 4 is 22.8 Å². The number of fused-ring (bicyclic) bond motifs is 1. The van der Waals surface area contributed by atoms with Gasteiger partial charge in [0.15, 0.2) is 5.65 Å². The zero-order chi connectivity index (χ0) is 19.7. The number of nitrogens with zero attached hydrogens (tertiary/aromatic N) is 5. The van der Waals surface area contributed by atoms with E-state index in [2.05, 4.69) is 16.5 Å². The van der Waals surface area contributed by atoms with Crippen LogP contribution in [0.15, 0.2) is 43.2 Å². The van der Waals surface area contributed by atoms with Crippen molar-refractivity contribution < 1.29 is 9.53 Å². The molecule has 0 aliphatic carbocycles. The van der Waals surface area contributed by atoms with Gasteiger partial charge in [-0.3, -0.25) is 4.79 Å². The van der Waals surface area contributed by atoms with Gasteiger partial charge in [0.05, 0.1) is 18.5 Å². The molecule has 1 aliphatic heterocycles. The predicted molar refractivity (Wildman–Crippen MR) is 107 cm³/mol. The molecule has 8 heteroatoms. The van der Waals surface area contributed by atoms with Crippen molar-refractivity contribution in [3.8, 4) is 17.0 Å². The van der Waals surface area contributed by atoms with E-state index in [1.807, 2.05) is 28.9 Å². The maximum atomic E-state index is 12.1. The second-order valence-electron chi connectivity index (χ2n) is 6.76. The second kappa shape index (κ2) is 7.30. The number of nitrogens with two attached hydrogens (primary N) is 1. The summed E-state index contributed by atoms with van der Waals surface area (Å²) in [7, 11) is 1.63. The fourth-order valence-corrected chi connectivity index (χ4v) is 3.68. The van der Waals surface area contributed by atoms with Crippen LogP contribution in [0, 0.1) is 0 Å². The van der Waals surface area contributed by atoms with Crippen LogP contribution >= 0.6 is 0 Å². The number of hydrogen-bond donors (Lipinski definition) is 1. The van der Waals surface area contributed by atoms with Crippen molar-refractivity contribution in [2.45, 2.75) is 18.9 Å². The van der Waals surface area contributed by atoms with E-state index in [1.54, 1.807) is 12.0 Å². The fraction of sp³-hybridized carbons (Fsp3) is 0.300. The highest BCUT2D eigenvalue weighted by atomic mass is 16.5. The lowest BCUT2D eigenvalue weighted by atomic mass is 10.1. The van der Waals surface area contributed by atoms with Crippen LogP contribution in [0.2, 0.25) is 0 Å². The van der Waals surface area contributed by atoms with E-state index in [4.69, 9.17) is 15.6 Å². The van der Waals surface area contributed by atoms with Crippen LogP contribution in [0.25, 0.3) is 22.3 Å². The van der Waals surface area contributed by atoms with Gasteiger partial charge < -0.3 is 15.4 Å². The number of aromatic nitrogens is 4. The van der Waals surface area contributed by atoms with Crippen molar-refractivity contribution in [3.63, 3.8) is 0 Å². The molecule has 1 saturated heterocycles. The summed E-state index contributed by atoms with van der Waals surface area (Å²) in [6.07, 6.45) is 4.60. The van der Waals surface area contributed by atoms with Gasteiger partial charge in [0, 0.05) is 18.7 Å². The lowest BCUT2D eigenvalue weighted by Gasteiger charge is -2.32. The van der Waals surface area contributed by atoms with Crippen molar-refractivity contribution in [2.75, 3.05) is 25.9 Å². The Morgan fingerprint density at radius 2 is 2.11 bits per heavy atom. The highest BCUT2D eigenvalue weighted by molar-refractivity contribution is 5.98. The third-order valence-corrected chi connectivity index (χ3v) is 5.11. The smallest absolute Gasteiger partial charge is 0.246 e. The van der Waals surface area contributed by atoms with Gasteiger partial charge >= 0.3 is 0 Å². The number of nitrogen functional groups attached to an aromatic ring is 1. The van der Waals surface area contributed by atoms with Crippen molar-refractivity contribution in [2.24, 2.45) is 0 Å². The van der Waals surface area contributed by atoms with Gasteiger partial charge in [-0.2, -0.15) is 5.10 Å². The van der Waals surface area contributed by atoms with Gasteiger partial charge in [-0.15, -0.1) is 0 Å². The summed E-state index contributed by atoms with van der Waals surface area (Å²) in [6, 6.07) is 7.65. The summed E-state index contributed by atoms with van der Waals surface area (Å²) >= 11 is 0. The highest BCUT2D eigenvalue weighted by Crippen LogP contribution is 2.34. The molecular formula is C20H22N6O2. The third kappa shape index (κ3) is 3.06. The number of carbonyl (C=O) groups is 1. The molecule has 1 atom stereocenters. The first-order valence-corrected chi connectivity index (χ1v) is 9.17. The number of benzene rings is 1. The standard InChI is InChI=1S/C20H22N6O2/c1-3-16(27)25-10-4-5-14(11-25)26-20-17(19(21)22-12-23-20)18(24-26)13-6-8-15(28-2)9-7-13/h3,6-9,12,14H,1,4-5,10-11H2,2H3,(H2,21,22,23). The van der Waals surface area contributed by atoms with Gasteiger partial charge in [-0.25, -0.2) is 14.6 Å². The molecular weight excluding hydrogens is 356 g/mol. The van der Waals surface area contributed by atoms with Gasteiger partial charge in [0.1, 0.15) is 23.6 Å². The number of hydrogen-bond acceptors (Lipinski definition) is 6. The highest BCUT2D eigenvalue weighted by Gasteiger charge is 2.27. The molecule has 0 radical (unpaired) electrons. The van der Waals surface area contributed by atoms with Crippen LogP contribution in [-0.2, 0) is 4.79 Å². The lowest BCUT2D eigenvalue weighted by Crippen LogP contribution is -2.40. The van der Waals surface area contributed by atoms with Crippen LogP contribution in [0.5, 0.6) is 5.75 Å². The summed E-state index contributed by atoms with van der Waals surface area (Å²) in [5.41, 5.74) is 8.49. The average Bonchev–Trinajstić information content (AvgIpc) is 3.14. The van der Waals surface area contributed by atoms with Gasteiger partial charge in [0.2, 0.25) is 5.91 Å². The molecule has 144 valence electrons. The molecule has 0 bridgehead atoms. The normalized spacial score (nSPS) is 16.9. The number of carbonyl (C=O) groups excluding carboxylic acids is 1. The Labute approximate surface area is 162 Å². The van der Waals surface area contributed by atoms with E-state index in [0.29, 0.717) is 18.0 Å². The molecule has 3 aromatic rings. The average molecular weight is 378 g/mol. The zero-order valence-corrected chi connectivity index (χ0v) is 15.7. The molecule has 3 heterocycles. The summed E-state index contributed by atoms with van der Waals surface area (Å²) in [5, 5.41) is 5.57. The maximum absolute atomic E-state index is 12.1. The fourth-order valence-electron chi connectivity index (χ4n) is 3.68. The minimum Gasteiger partial charge on any atom is -0.497 e. The summed E-state index contributed by atoms with van der Waals surface area (Å²) < 4.78 is 7.13. The Balaban J connectivity index is 1.80. The topological polar surface area (TPSA) is 99.2 Å². The Morgan fingerprint density at radius 3 is 2.82 bits per heavy atom. The molecule has 8 nitrogen and oxygen atoms in total. The van der Waals surface area contributed by atoms with Crippen molar-refractivity contribution in [1.29, 1.82) is 0 Å². The largest absolute Gasteiger partial charge is 0.497 e. The molecule has 0 saturated carbocycles. The molecule has 2 aromatic heterocycles. The number of piperidine rings is 1.